The van der Waals surface area contributed by atoms with Crippen LogP contribution in [0.25, 0.3) is 0 Å². The van der Waals surface area contributed by atoms with Crippen molar-refractivity contribution in [3.63, 3.8) is 0 Å². The zero-order valence-electron chi connectivity index (χ0n) is 11.1. The zero-order valence-corrected chi connectivity index (χ0v) is 11.8. The Bertz CT molecular complexity index is 781. The van der Waals surface area contributed by atoms with Crippen molar-refractivity contribution in [1.29, 1.82) is 0 Å². The van der Waals surface area contributed by atoms with Crippen LogP contribution < -0.4 is 21.3 Å². The number of carbonyl (C=O) groups is 1. The molecule has 2 rings (SSSR count). The predicted octanol–water partition coefficient (Wildman–Crippen LogP) is 0.837. The molecule has 21 heavy (non-hydrogen) atoms. The number of rotatable bonds is 4. The molecule has 0 fully saturated rings. The topological polar surface area (TPSA) is 93.2 Å². The van der Waals surface area contributed by atoms with Crippen molar-refractivity contribution < 1.29 is 9.53 Å². The molecule has 1 aromatic carbocycles. The normalized spacial score (nSPS) is 10.2. The van der Waals surface area contributed by atoms with E-state index in [1.54, 1.807) is 24.3 Å². The Kier molecular flexibility index (Phi) is 4.44. The second-order valence-corrected chi connectivity index (χ2v) is 4.52. The molecule has 1 aromatic heterocycles. The Morgan fingerprint density at radius 1 is 1.38 bits per heavy atom. The van der Waals surface area contributed by atoms with Crippen LogP contribution in [0.5, 0.6) is 5.75 Å². The number of aromatic amines is 1. The van der Waals surface area contributed by atoms with Gasteiger partial charge in [-0.3, -0.25) is 19.1 Å². The number of nitrogens with zero attached hydrogens (tertiary/aromatic N) is 1. The fourth-order valence-electron chi connectivity index (χ4n) is 1.69. The number of para-hydroxylation sites is 2. The first-order valence-electron chi connectivity index (χ1n) is 5.93. The lowest BCUT2D eigenvalue weighted by Gasteiger charge is -2.10. The number of benzene rings is 1. The molecule has 0 saturated carbocycles. The number of ether oxygens (including phenoxy) is 1. The van der Waals surface area contributed by atoms with Crippen molar-refractivity contribution in [3.05, 3.63) is 56.3 Å². The van der Waals surface area contributed by atoms with Crippen LogP contribution in [0.4, 0.5) is 5.69 Å². The van der Waals surface area contributed by atoms with Crippen LogP contribution in [-0.2, 0) is 11.3 Å². The Labute approximate surface area is 124 Å². The summed E-state index contributed by atoms with van der Waals surface area (Å²) in [6, 6.07) is 6.86. The summed E-state index contributed by atoms with van der Waals surface area (Å²) in [5.74, 6) is 0.0439. The molecule has 1 heterocycles. The van der Waals surface area contributed by atoms with Crippen LogP contribution in [0.1, 0.15) is 0 Å². The molecule has 110 valence electrons. The van der Waals surface area contributed by atoms with Crippen LogP contribution in [0.3, 0.4) is 0 Å². The van der Waals surface area contributed by atoms with Crippen molar-refractivity contribution in [1.82, 2.24) is 9.55 Å². The van der Waals surface area contributed by atoms with Crippen LogP contribution in [-0.4, -0.2) is 22.6 Å². The Morgan fingerprint density at radius 2 is 2.10 bits per heavy atom. The maximum Gasteiger partial charge on any atom is 0.328 e. The van der Waals surface area contributed by atoms with Gasteiger partial charge in [0.05, 0.1) is 12.8 Å². The fourth-order valence-corrected chi connectivity index (χ4v) is 1.86. The van der Waals surface area contributed by atoms with E-state index >= 15 is 0 Å². The molecule has 0 saturated heterocycles. The number of H-pyrrole nitrogens is 1. The Morgan fingerprint density at radius 3 is 2.81 bits per heavy atom. The van der Waals surface area contributed by atoms with E-state index in [0.29, 0.717) is 11.4 Å². The monoisotopic (exact) mass is 309 g/mol. The first-order valence-corrected chi connectivity index (χ1v) is 6.31. The van der Waals surface area contributed by atoms with Gasteiger partial charge in [-0.25, -0.2) is 4.79 Å². The number of halogens is 1. The molecule has 0 aliphatic heterocycles. The van der Waals surface area contributed by atoms with Gasteiger partial charge in [0, 0.05) is 6.20 Å². The Balaban J connectivity index is 2.17. The number of nitrogens with one attached hydrogen (secondary N) is 2. The summed E-state index contributed by atoms with van der Waals surface area (Å²) in [7, 11) is 1.48. The highest BCUT2D eigenvalue weighted by Crippen LogP contribution is 2.22. The second-order valence-electron chi connectivity index (χ2n) is 4.11. The lowest BCUT2D eigenvalue weighted by Crippen LogP contribution is -2.33. The number of aromatic nitrogens is 2. The van der Waals surface area contributed by atoms with Gasteiger partial charge >= 0.3 is 5.69 Å². The van der Waals surface area contributed by atoms with Crippen molar-refractivity contribution in [2.45, 2.75) is 6.54 Å². The molecule has 7 nitrogen and oxygen atoms in total. The Hall–Kier alpha value is -2.54. The molecule has 2 N–H and O–H groups in total. The lowest BCUT2D eigenvalue weighted by molar-refractivity contribution is -0.116. The first-order chi connectivity index (χ1) is 10.0. The molecule has 8 heteroatoms. The minimum absolute atomic E-state index is 0.167. The average molecular weight is 310 g/mol. The standard InChI is InChI=1S/C13H12ClN3O4/c1-21-10-5-3-2-4-9(10)15-11(18)7-17-6-8(14)12(19)16-13(17)20/h2-6H,7H2,1H3,(H,15,18)(H,16,19,20). The van der Waals surface area contributed by atoms with Crippen LogP contribution in [0, 0.1) is 0 Å². The SMILES string of the molecule is COc1ccccc1NC(=O)Cn1cc(Cl)c(=O)[nH]c1=O. The van der Waals surface area contributed by atoms with E-state index in [4.69, 9.17) is 16.3 Å². The largest absolute Gasteiger partial charge is 0.495 e. The van der Waals surface area contributed by atoms with E-state index in [9.17, 15) is 14.4 Å². The van der Waals surface area contributed by atoms with E-state index in [2.05, 4.69) is 5.32 Å². The molecule has 0 atom stereocenters. The van der Waals surface area contributed by atoms with Gasteiger partial charge in [-0.1, -0.05) is 23.7 Å². The number of hydrogen-bond donors (Lipinski definition) is 2. The number of anilines is 1. The van der Waals surface area contributed by atoms with Gasteiger partial charge < -0.3 is 10.1 Å². The molecule has 0 spiro atoms. The van der Waals surface area contributed by atoms with Crippen LogP contribution in [0.2, 0.25) is 5.02 Å². The number of carbonyl (C=O) groups excluding carboxylic acids is 1. The van der Waals surface area contributed by atoms with E-state index in [-0.39, 0.29) is 11.6 Å². The van der Waals surface area contributed by atoms with E-state index in [0.717, 1.165) is 10.8 Å². The van der Waals surface area contributed by atoms with Crippen molar-refractivity contribution in [3.8, 4) is 5.75 Å². The van der Waals surface area contributed by atoms with Gasteiger partial charge in [0.15, 0.2) is 0 Å². The zero-order chi connectivity index (χ0) is 15.4. The third-order valence-electron chi connectivity index (χ3n) is 2.66. The van der Waals surface area contributed by atoms with Crippen LogP contribution in [0.15, 0.2) is 40.1 Å². The average Bonchev–Trinajstić information content (AvgIpc) is 2.45. The molecule has 0 aliphatic rings. The van der Waals surface area contributed by atoms with Gasteiger partial charge in [-0.15, -0.1) is 0 Å². The summed E-state index contributed by atoms with van der Waals surface area (Å²) < 4.78 is 6.11. The number of methoxy groups -OCH3 is 1. The maximum atomic E-state index is 11.9. The molecule has 0 radical (unpaired) electrons. The minimum atomic E-state index is -0.709. The van der Waals surface area contributed by atoms with Crippen molar-refractivity contribution in [2.75, 3.05) is 12.4 Å². The smallest absolute Gasteiger partial charge is 0.328 e. The summed E-state index contributed by atoms with van der Waals surface area (Å²) in [5.41, 5.74) is -0.920. The summed E-state index contributed by atoms with van der Waals surface area (Å²) in [6.45, 7) is -0.284. The number of hydrogen-bond acceptors (Lipinski definition) is 4. The van der Waals surface area contributed by atoms with Gasteiger partial charge in [-0.2, -0.15) is 0 Å². The molecular formula is C13H12ClN3O4. The molecule has 1 amide bonds. The highest BCUT2D eigenvalue weighted by Gasteiger charge is 2.10. The fraction of sp³-hybridized carbons (Fsp3) is 0.154. The lowest BCUT2D eigenvalue weighted by atomic mass is 10.3. The van der Waals surface area contributed by atoms with Gasteiger partial charge in [0.1, 0.15) is 17.3 Å². The quantitative estimate of drug-likeness (QED) is 0.875. The van der Waals surface area contributed by atoms with Crippen LogP contribution >= 0.6 is 11.6 Å². The summed E-state index contributed by atoms with van der Waals surface area (Å²) in [5, 5.41) is 2.45. The summed E-state index contributed by atoms with van der Waals surface area (Å²) in [6.07, 6.45) is 1.12. The van der Waals surface area contributed by atoms with E-state index < -0.39 is 17.2 Å². The third-order valence-corrected chi connectivity index (χ3v) is 2.93. The predicted molar refractivity (Wildman–Crippen MR) is 78.0 cm³/mol. The summed E-state index contributed by atoms with van der Waals surface area (Å²) >= 11 is 5.62. The van der Waals surface area contributed by atoms with Gasteiger partial charge in [0.25, 0.3) is 5.56 Å². The number of amides is 1. The molecule has 2 aromatic rings. The maximum absolute atomic E-state index is 11.9. The third kappa shape index (κ3) is 3.51. The van der Waals surface area contributed by atoms with Crippen molar-refractivity contribution in [2.24, 2.45) is 0 Å². The van der Waals surface area contributed by atoms with E-state index in [1.165, 1.54) is 7.11 Å². The highest BCUT2D eigenvalue weighted by molar-refractivity contribution is 6.30. The molecular weight excluding hydrogens is 298 g/mol. The molecule has 0 unspecified atom stereocenters. The van der Waals surface area contributed by atoms with E-state index in [1.807, 2.05) is 4.98 Å². The van der Waals surface area contributed by atoms with Crippen molar-refractivity contribution >= 4 is 23.2 Å². The molecule has 0 bridgehead atoms. The van der Waals surface area contributed by atoms with Gasteiger partial charge in [-0.05, 0) is 12.1 Å². The van der Waals surface area contributed by atoms with Gasteiger partial charge in [0.2, 0.25) is 5.91 Å². The highest BCUT2D eigenvalue weighted by atomic mass is 35.5. The molecule has 0 aliphatic carbocycles. The second kappa shape index (κ2) is 6.27. The first kappa shape index (κ1) is 14.9. The minimum Gasteiger partial charge on any atom is -0.495 e. The summed E-state index contributed by atoms with van der Waals surface area (Å²) in [4.78, 5) is 36.6.